The standard InChI is InChI=1S/C18H13BrN2/c19-14-7-9-15(10-8-14)20-21-17-11-13-5-1-3-12-4-2-6-16(17)18(12)13/h1-10,17H,11H2/b21-20+. The molecule has 3 aromatic carbocycles. The molecule has 1 atom stereocenters. The second-order valence-corrected chi connectivity index (χ2v) is 6.19. The van der Waals surface area contributed by atoms with E-state index in [1.54, 1.807) is 0 Å². The molecule has 0 aromatic heterocycles. The van der Waals surface area contributed by atoms with E-state index in [0.717, 1.165) is 16.6 Å². The van der Waals surface area contributed by atoms with Gasteiger partial charge in [0.05, 0.1) is 5.69 Å². The maximum atomic E-state index is 4.57. The Morgan fingerprint density at radius 3 is 2.48 bits per heavy atom. The van der Waals surface area contributed by atoms with Crippen LogP contribution in [0.3, 0.4) is 0 Å². The molecule has 3 heteroatoms. The highest BCUT2D eigenvalue weighted by atomic mass is 79.9. The fourth-order valence-corrected chi connectivity index (χ4v) is 3.23. The minimum Gasteiger partial charge on any atom is -0.180 e. The SMILES string of the molecule is Brc1ccc(/N=N/C2Cc3cccc4cccc2c34)cc1. The van der Waals surface area contributed by atoms with E-state index in [-0.39, 0.29) is 6.04 Å². The Kier molecular flexibility index (Phi) is 3.08. The van der Waals surface area contributed by atoms with Gasteiger partial charge in [-0.25, -0.2) is 0 Å². The van der Waals surface area contributed by atoms with Crippen molar-refractivity contribution >= 4 is 32.4 Å². The summed E-state index contributed by atoms with van der Waals surface area (Å²) in [6.07, 6.45) is 0.941. The van der Waals surface area contributed by atoms with Gasteiger partial charge in [0.15, 0.2) is 0 Å². The Morgan fingerprint density at radius 1 is 0.905 bits per heavy atom. The summed E-state index contributed by atoms with van der Waals surface area (Å²) in [5.41, 5.74) is 3.56. The molecule has 1 unspecified atom stereocenters. The zero-order valence-corrected chi connectivity index (χ0v) is 12.9. The molecule has 4 rings (SSSR count). The van der Waals surface area contributed by atoms with Crippen LogP contribution in [0.5, 0.6) is 0 Å². The van der Waals surface area contributed by atoms with Crippen LogP contribution in [0.4, 0.5) is 5.69 Å². The number of rotatable bonds is 2. The summed E-state index contributed by atoms with van der Waals surface area (Å²) < 4.78 is 1.06. The fraction of sp³-hybridized carbons (Fsp3) is 0.111. The van der Waals surface area contributed by atoms with Gasteiger partial charge in [-0.05, 0) is 46.2 Å². The molecule has 0 saturated carbocycles. The van der Waals surface area contributed by atoms with Gasteiger partial charge in [-0.3, -0.25) is 0 Å². The van der Waals surface area contributed by atoms with Crippen LogP contribution < -0.4 is 0 Å². The number of hydrogen-bond donors (Lipinski definition) is 0. The normalized spacial score (nSPS) is 16.9. The average Bonchev–Trinajstić information content (AvgIpc) is 2.88. The molecule has 1 aliphatic rings. The van der Waals surface area contributed by atoms with E-state index in [4.69, 9.17) is 0 Å². The summed E-state index contributed by atoms with van der Waals surface area (Å²) in [7, 11) is 0. The summed E-state index contributed by atoms with van der Waals surface area (Å²) >= 11 is 3.43. The van der Waals surface area contributed by atoms with Gasteiger partial charge in [0.1, 0.15) is 6.04 Å². The van der Waals surface area contributed by atoms with E-state index in [2.05, 4.69) is 62.6 Å². The first-order valence-electron chi connectivity index (χ1n) is 6.98. The fourth-order valence-electron chi connectivity index (χ4n) is 2.96. The van der Waals surface area contributed by atoms with E-state index in [1.165, 1.54) is 21.9 Å². The van der Waals surface area contributed by atoms with Crippen molar-refractivity contribution in [3.05, 3.63) is 76.3 Å². The van der Waals surface area contributed by atoms with Crippen LogP contribution >= 0.6 is 15.9 Å². The highest BCUT2D eigenvalue weighted by molar-refractivity contribution is 9.10. The second kappa shape index (κ2) is 5.08. The predicted octanol–water partition coefficient (Wildman–Crippen LogP) is 5.98. The van der Waals surface area contributed by atoms with Gasteiger partial charge >= 0.3 is 0 Å². The van der Waals surface area contributed by atoms with Gasteiger partial charge in [0, 0.05) is 10.9 Å². The molecule has 0 N–H and O–H groups in total. The molecular formula is C18H13BrN2. The van der Waals surface area contributed by atoms with Crippen molar-refractivity contribution in [2.45, 2.75) is 12.5 Å². The van der Waals surface area contributed by atoms with Crippen LogP contribution in [0.1, 0.15) is 17.2 Å². The Hall–Kier alpha value is -2.00. The first kappa shape index (κ1) is 12.7. The lowest BCUT2D eigenvalue weighted by atomic mass is 10.1. The lowest BCUT2D eigenvalue weighted by Gasteiger charge is -2.04. The number of hydrogen-bond acceptors (Lipinski definition) is 2. The van der Waals surface area contributed by atoms with Crippen molar-refractivity contribution in [1.82, 2.24) is 0 Å². The molecule has 0 heterocycles. The molecule has 0 radical (unpaired) electrons. The van der Waals surface area contributed by atoms with E-state index < -0.39 is 0 Å². The average molecular weight is 337 g/mol. The Bertz CT molecular complexity index is 832. The first-order chi connectivity index (χ1) is 10.3. The van der Waals surface area contributed by atoms with Crippen LogP contribution in [-0.2, 0) is 6.42 Å². The summed E-state index contributed by atoms with van der Waals surface area (Å²) in [4.78, 5) is 0. The molecule has 0 fully saturated rings. The Labute approximate surface area is 131 Å². The summed E-state index contributed by atoms with van der Waals surface area (Å²) in [5, 5.41) is 11.6. The second-order valence-electron chi connectivity index (χ2n) is 5.27. The maximum Gasteiger partial charge on any atom is 0.101 e. The van der Waals surface area contributed by atoms with E-state index >= 15 is 0 Å². The van der Waals surface area contributed by atoms with E-state index in [1.807, 2.05) is 24.3 Å². The first-order valence-corrected chi connectivity index (χ1v) is 7.77. The van der Waals surface area contributed by atoms with Gasteiger partial charge in [0.25, 0.3) is 0 Å². The van der Waals surface area contributed by atoms with Gasteiger partial charge < -0.3 is 0 Å². The molecule has 0 amide bonds. The molecule has 0 spiro atoms. The van der Waals surface area contributed by atoms with Crippen LogP contribution in [-0.4, -0.2) is 0 Å². The predicted molar refractivity (Wildman–Crippen MR) is 89.1 cm³/mol. The van der Waals surface area contributed by atoms with Crippen molar-refractivity contribution in [2.24, 2.45) is 10.2 Å². The molecule has 0 bridgehead atoms. The number of halogens is 1. The quantitative estimate of drug-likeness (QED) is 0.514. The number of azo groups is 1. The summed E-state index contributed by atoms with van der Waals surface area (Å²) in [6, 6.07) is 21.0. The van der Waals surface area contributed by atoms with Crippen LogP contribution in [0, 0.1) is 0 Å². The van der Waals surface area contributed by atoms with Crippen molar-refractivity contribution in [1.29, 1.82) is 0 Å². The molecule has 2 nitrogen and oxygen atoms in total. The third-order valence-electron chi connectivity index (χ3n) is 3.93. The van der Waals surface area contributed by atoms with Gasteiger partial charge in [0.2, 0.25) is 0 Å². The molecule has 1 aliphatic carbocycles. The number of benzene rings is 3. The minimum absolute atomic E-state index is 0.134. The van der Waals surface area contributed by atoms with E-state index in [0.29, 0.717) is 0 Å². The largest absolute Gasteiger partial charge is 0.180 e. The highest BCUT2D eigenvalue weighted by Crippen LogP contribution is 2.39. The lowest BCUT2D eigenvalue weighted by Crippen LogP contribution is -1.90. The molecular weight excluding hydrogens is 324 g/mol. The van der Waals surface area contributed by atoms with Crippen LogP contribution in [0.25, 0.3) is 10.8 Å². The third kappa shape index (κ3) is 2.28. The molecule has 102 valence electrons. The topological polar surface area (TPSA) is 24.7 Å². The maximum absolute atomic E-state index is 4.57. The monoisotopic (exact) mass is 336 g/mol. The highest BCUT2D eigenvalue weighted by Gasteiger charge is 2.23. The zero-order chi connectivity index (χ0) is 14.2. The van der Waals surface area contributed by atoms with Gasteiger partial charge in [-0.15, -0.1) is 0 Å². The number of nitrogens with zero attached hydrogens (tertiary/aromatic N) is 2. The third-order valence-corrected chi connectivity index (χ3v) is 4.46. The molecule has 0 saturated heterocycles. The Morgan fingerprint density at radius 2 is 1.67 bits per heavy atom. The lowest BCUT2D eigenvalue weighted by molar-refractivity contribution is 0.714. The molecule has 3 aromatic rings. The van der Waals surface area contributed by atoms with Crippen LogP contribution in [0.15, 0.2) is 75.4 Å². The summed E-state index contributed by atoms with van der Waals surface area (Å²) in [6.45, 7) is 0. The van der Waals surface area contributed by atoms with Gasteiger partial charge in [-0.2, -0.15) is 10.2 Å². The minimum atomic E-state index is 0.134. The molecule has 0 aliphatic heterocycles. The zero-order valence-electron chi connectivity index (χ0n) is 11.3. The van der Waals surface area contributed by atoms with Crippen molar-refractivity contribution in [2.75, 3.05) is 0 Å². The smallest absolute Gasteiger partial charge is 0.101 e. The Balaban J connectivity index is 1.70. The van der Waals surface area contributed by atoms with E-state index in [9.17, 15) is 0 Å². The van der Waals surface area contributed by atoms with Gasteiger partial charge in [-0.1, -0.05) is 52.3 Å². The molecule has 21 heavy (non-hydrogen) atoms. The summed E-state index contributed by atoms with van der Waals surface area (Å²) in [5.74, 6) is 0. The van der Waals surface area contributed by atoms with Crippen LogP contribution in [0.2, 0.25) is 0 Å². The van der Waals surface area contributed by atoms with Crippen molar-refractivity contribution in [3.8, 4) is 0 Å². The van der Waals surface area contributed by atoms with Crippen molar-refractivity contribution in [3.63, 3.8) is 0 Å². The van der Waals surface area contributed by atoms with Crippen molar-refractivity contribution < 1.29 is 0 Å².